The van der Waals surface area contributed by atoms with Crippen LogP contribution in [-0.4, -0.2) is 24.9 Å². The average molecular weight is 432 g/mol. The van der Waals surface area contributed by atoms with E-state index in [2.05, 4.69) is 71.6 Å². The highest BCUT2D eigenvalue weighted by molar-refractivity contribution is 5.94. The lowest BCUT2D eigenvalue weighted by Gasteiger charge is -2.16. The Morgan fingerprint density at radius 3 is 2.41 bits per heavy atom. The Hall–Kier alpha value is -2.98. The molecule has 1 N–H and O–H groups in total. The summed E-state index contributed by atoms with van der Waals surface area (Å²) in [4.78, 5) is 21.7. The Morgan fingerprint density at radius 1 is 1.06 bits per heavy atom. The van der Waals surface area contributed by atoms with Gasteiger partial charge in [-0.15, -0.1) is 0 Å². The standard InChI is InChI=1S/C23H25NO.C5H8O2/c1-17(22-11-5-9-21-8-3-4-10-23(21)22)24-16-6-7-19-12-14-20(15-13-19)18(2)25;1-4-2-3-7-5(4)6/h3-5,8-15,17,24H,6-7,16H2,1-2H3;4H,2-3H2,1H3. The second kappa shape index (κ2) is 11.6. The van der Waals surface area contributed by atoms with Gasteiger partial charge >= 0.3 is 5.97 Å². The Bertz CT molecular complexity index is 1040. The molecule has 1 aliphatic rings. The van der Waals surface area contributed by atoms with Crippen molar-refractivity contribution in [2.45, 2.75) is 46.1 Å². The van der Waals surface area contributed by atoms with Gasteiger partial charge in [0, 0.05) is 11.6 Å². The topological polar surface area (TPSA) is 55.4 Å². The SMILES string of the molecule is CC(=O)c1ccc(CCCNC(C)c2cccc3ccccc23)cc1.CC1CCOC1=O. The number of nitrogens with one attached hydrogen (secondary N) is 1. The summed E-state index contributed by atoms with van der Waals surface area (Å²) in [6.07, 6.45) is 3.00. The number of ketones is 1. The summed E-state index contributed by atoms with van der Waals surface area (Å²) in [5.74, 6) is 0.233. The van der Waals surface area contributed by atoms with Crippen molar-refractivity contribution in [3.05, 3.63) is 83.4 Å². The number of aryl methyl sites for hydroxylation is 1. The van der Waals surface area contributed by atoms with Crippen LogP contribution in [0.4, 0.5) is 0 Å². The predicted molar refractivity (Wildman–Crippen MR) is 130 cm³/mol. The molecule has 0 amide bonds. The number of hydrogen-bond donors (Lipinski definition) is 1. The van der Waals surface area contributed by atoms with Gasteiger partial charge in [0.2, 0.25) is 0 Å². The molecule has 1 saturated heterocycles. The summed E-state index contributed by atoms with van der Waals surface area (Å²) >= 11 is 0. The van der Waals surface area contributed by atoms with E-state index in [9.17, 15) is 9.59 Å². The Labute approximate surface area is 191 Å². The lowest BCUT2D eigenvalue weighted by Crippen LogP contribution is -2.20. The lowest BCUT2D eigenvalue weighted by molar-refractivity contribution is -0.140. The van der Waals surface area contributed by atoms with Gasteiger partial charge in [-0.25, -0.2) is 0 Å². The Balaban J connectivity index is 0.000000352. The number of esters is 1. The molecule has 0 aromatic heterocycles. The lowest BCUT2D eigenvalue weighted by atomic mass is 9.99. The number of fused-ring (bicyclic) bond motifs is 1. The minimum atomic E-state index is -0.0417. The van der Waals surface area contributed by atoms with E-state index in [1.165, 1.54) is 21.9 Å². The molecule has 0 spiro atoms. The number of cyclic esters (lactones) is 1. The van der Waals surface area contributed by atoms with Crippen LogP contribution in [0.15, 0.2) is 66.7 Å². The number of hydrogen-bond acceptors (Lipinski definition) is 4. The molecule has 1 fully saturated rings. The van der Waals surface area contributed by atoms with Crippen LogP contribution < -0.4 is 5.32 Å². The van der Waals surface area contributed by atoms with Crippen molar-refractivity contribution in [2.75, 3.05) is 13.2 Å². The van der Waals surface area contributed by atoms with Crippen LogP contribution >= 0.6 is 0 Å². The molecular weight excluding hydrogens is 398 g/mol. The van der Waals surface area contributed by atoms with Crippen LogP contribution in [0.25, 0.3) is 10.8 Å². The van der Waals surface area contributed by atoms with Gasteiger partial charge in [-0.3, -0.25) is 9.59 Å². The molecule has 3 aromatic carbocycles. The van der Waals surface area contributed by atoms with Crippen LogP contribution in [0.3, 0.4) is 0 Å². The smallest absolute Gasteiger partial charge is 0.308 e. The molecule has 4 heteroatoms. The Kier molecular flexibility index (Phi) is 8.57. The van der Waals surface area contributed by atoms with E-state index < -0.39 is 0 Å². The van der Waals surface area contributed by atoms with E-state index >= 15 is 0 Å². The minimum Gasteiger partial charge on any atom is -0.465 e. The molecule has 4 nitrogen and oxygen atoms in total. The Morgan fingerprint density at radius 2 is 1.78 bits per heavy atom. The first-order valence-corrected chi connectivity index (χ1v) is 11.4. The molecule has 0 aliphatic carbocycles. The second-order valence-electron chi connectivity index (χ2n) is 8.46. The number of carbonyl (C=O) groups is 2. The van der Waals surface area contributed by atoms with Gasteiger partial charge in [-0.1, -0.05) is 73.7 Å². The molecule has 0 bridgehead atoms. The van der Waals surface area contributed by atoms with Crippen molar-refractivity contribution in [2.24, 2.45) is 5.92 Å². The van der Waals surface area contributed by atoms with E-state index in [-0.39, 0.29) is 17.7 Å². The van der Waals surface area contributed by atoms with Crippen molar-refractivity contribution in [3.8, 4) is 0 Å². The molecule has 32 heavy (non-hydrogen) atoms. The monoisotopic (exact) mass is 431 g/mol. The van der Waals surface area contributed by atoms with Crippen LogP contribution in [0.2, 0.25) is 0 Å². The summed E-state index contributed by atoms with van der Waals surface area (Å²) in [7, 11) is 0. The van der Waals surface area contributed by atoms with Gasteiger partial charge in [0.25, 0.3) is 0 Å². The van der Waals surface area contributed by atoms with Crippen molar-refractivity contribution >= 4 is 22.5 Å². The van der Waals surface area contributed by atoms with Gasteiger partial charge in [0.05, 0.1) is 12.5 Å². The molecule has 0 radical (unpaired) electrons. The fourth-order valence-electron chi connectivity index (χ4n) is 3.85. The number of rotatable bonds is 7. The highest BCUT2D eigenvalue weighted by atomic mass is 16.5. The maximum absolute atomic E-state index is 11.3. The van der Waals surface area contributed by atoms with Crippen LogP contribution in [-0.2, 0) is 16.0 Å². The second-order valence-corrected chi connectivity index (χ2v) is 8.46. The van der Waals surface area contributed by atoms with E-state index in [1.54, 1.807) is 6.92 Å². The van der Waals surface area contributed by atoms with Crippen molar-refractivity contribution in [3.63, 3.8) is 0 Å². The zero-order valence-electron chi connectivity index (χ0n) is 19.3. The van der Waals surface area contributed by atoms with Crippen molar-refractivity contribution < 1.29 is 14.3 Å². The summed E-state index contributed by atoms with van der Waals surface area (Å²) in [6, 6.07) is 23.3. The fraction of sp³-hybridized carbons (Fsp3) is 0.357. The molecule has 1 heterocycles. The molecule has 4 rings (SSSR count). The highest BCUT2D eigenvalue weighted by Gasteiger charge is 2.20. The third kappa shape index (κ3) is 6.51. The summed E-state index contributed by atoms with van der Waals surface area (Å²) in [6.45, 7) is 7.31. The predicted octanol–water partition coefficient (Wildman–Crippen LogP) is 5.90. The number of carbonyl (C=O) groups excluding carboxylic acids is 2. The van der Waals surface area contributed by atoms with Gasteiger partial charge in [-0.05, 0) is 61.6 Å². The molecular formula is C28H33NO3. The number of benzene rings is 3. The first-order chi connectivity index (χ1) is 15.5. The quantitative estimate of drug-likeness (QED) is 0.288. The van der Waals surface area contributed by atoms with Gasteiger partial charge in [-0.2, -0.15) is 0 Å². The van der Waals surface area contributed by atoms with Crippen molar-refractivity contribution in [1.82, 2.24) is 5.32 Å². The zero-order chi connectivity index (χ0) is 22.9. The molecule has 1 aliphatic heterocycles. The normalized spacial score (nSPS) is 16.2. The highest BCUT2D eigenvalue weighted by Crippen LogP contribution is 2.24. The van der Waals surface area contributed by atoms with Crippen LogP contribution in [0, 0.1) is 5.92 Å². The average Bonchev–Trinajstić information content (AvgIpc) is 3.19. The molecule has 0 saturated carbocycles. The third-order valence-electron chi connectivity index (χ3n) is 5.94. The number of ether oxygens (including phenoxy) is 1. The summed E-state index contributed by atoms with van der Waals surface area (Å²) in [5.41, 5.74) is 3.42. The maximum Gasteiger partial charge on any atom is 0.308 e. The number of Topliss-reactive ketones (excluding diaryl/α,β-unsaturated/α-hetero) is 1. The van der Waals surface area contributed by atoms with Crippen LogP contribution in [0.1, 0.15) is 61.1 Å². The van der Waals surface area contributed by atoms with Crippen molar-refractivity contribution in [1.29, 1.82) is 0 Å². The summed E-state index contributed by atoms with van der Waals surface area (Å²) < 4.78 is 4.63. The largest absolute Gasteiger partial charge is 0.465 e. The fourth-order valence-corrected chi connectivity index (χ4v) is 3.85. The minimum absolute atomic E-state index is 0.0417. The first-order valence-electron chi connectivity index (χ1n) is 11.4. The van der Waals surface area contributed by atoms with Gasteiger partial charge < -0.3 is 10.1 Å². The van der Waals surface area contributed by atoms with Gasteiger partial charge in [0.15, 0.2) is 5.78 Å². The zero-order valence-corrected chi connectivity index (χ0v) is 19.3. The molecule has 2 atom stereocenters. The summed E-state index contributed by atoms with van der Waals surface area (Å²) in [5, 5.41) is 6.25. The maximum atomic E-state index is 11.3. The van der Waals surface area contributed by atoms with E-state index in [0.29, 0.717) is 12.6 Å². The van der Waals surface area contributed by atoms with Gasteiger partial charge in [0.1, 0.15) is 0 Å². The first kappa shape index (κ1) is 23.7. The van der Waals surface area contributed by atoms with Crippen LogP contribution in [0.5, 0.6) is 0 Å². The third-order valence-corrected chi connectivity index (χ3v) is 5.94. The van der Waals surface area contributed by atoms with E-state index in [1.807, 2.05) is 19.1 Å². The molecule has 3 aromatic rings. The molecule has 168 valence electrons. The van der Waals surface area contributed by atoms with E-state index in [4.69, 9.17) is 0 Å². The van der Waals surface area contributed by atoms with E-state index in [0.717, 1.165) is 31.4 Å². The molecule has 2 unspecified atom stereocenters.